The molecule has 0 N–H and O–H groups in total. The second-order valence-corrected chi connectivity index (χ2v) is 7.37. The number of esters is 1. The summed E-state index contributed by atoms with van der Waals surface area (Å²) in [6.45, 7) is 12.2. The van der Waals surface area contributed by atoms with Gasteiger partial charge in [0, 0.05) is 5.56 Å². The number of carbonyl (C=O) groups excluding carboxylic acids is 2. The van der Waals surface area contributed by atoms with Gasteiger partial charge in [-0.3, -0.25) is 9.59 Å². The minimum atomic E-state index is -0.936. The van der Waals surface area contributed by atoms with Crippen LogP contribution in [0.4, 0.5) is 0 Å². The fourth-order valence-corrected chi connectivity index (χ4v) is 3.18. The molecule has 0 aliphatic carbocycles. The molecule has 3 heteroatoms. The monoisotopic (exact) mass is 352 g/mol. The SMILES string of the molecule is Cc1cc(C)c(C(=O)C(C(=O)OCC(C)C)c2ccccc2)c(C)c1C. The van der Waals surface area contributed by atoms with Crippen molar-refractivity contribution >= 4 is 11.8 Å². The normalized spacial score (nSPS) is 12.1. The van der Waals surface area contributed by atoms with Crippen LogP contribution in [-0.2, 0) is 9.53 Å². The molecule has 0 radical (unpaired) electrons. The molecule has 3 nitrogen and oxygen atoms in total. The van der Waals surface area contributed by atoms with Crippen molar-refractivity contribution in [2.45, 2.75) is 47.5 Å². The molecular formula is C23H28O3. The molecule has 138 valence electrons. The fraction of sp³-hybridized carbons (Fsp3) is 0.391. The van der Waals surface area contributed by atoms with E-state index in [0.29, 0.717) is 17.7 Å². The average molecular weight is 352 g/mol. The largest absolute Gasteiger partial charge is 0.465 e. The van der Waals surface area contributed by atoms with Crippen molar-refractivity contribution in [2.75, 3.05) is 6.61 Å². The molecular weight excluding hydrogens is 324 g/mol. The van der Waals surface area contributed by atoms with E-state index in [0.717, 1.165) is 22.3 Å². The highest BCUT2D eigenvalue weighted by Gasteiger charge is 2.33. The highest BCUT2D eigenvalue weighted by Crippen LogP contribution is 2.29. The zero-order valence-electron chi connectivity index (χ0n) is 16.6. The van der Waals surface area contributed by atoms with Crippen LogP contribution < -0.4 is 0 Å². The van der Waals surface area contributed by atoms with Crippen molar-refractivity contribution in [3.63, 3.8) is 0 Å². The Labute approximate surface area is 156 Å². The van der Waals surface area contributed by atoms with Gasteiger partial charge >= 0.3 is 5.97 Å². The summed E-state index contributed by atoms with van der Waals surface area (Å²) in [7, 11) is 0. The molecule has 1 atom stereocenters. The Morgan fingerprint density at radius 2 is 1.54 bits per heavy atom. The molecule has 0 amide bonds. The lowest BCUT2D eigenvalue weighted by atomic mass is 9.84. The van der Waals surface area contributed by atoms with Crippen molar-refractivity contribution in [1.82, 2.24) is 0 Å². The van der Waals surface area contributed by atoms with E-state index in [-0.39, 0.29) is 11.7 Å². The molecule has 1 unspecified atom stereocenters. The lowest BCUT2D eigenvalue weighted by molar-refractivity contribution is -0.145. The predicted octanol–water partition coefficient (Wildman–Crippen LogP) is 5.09. The molecule has 2 aromatic carbocycles. The maximum absolute atomic E-state index is 13.4. The van der Waals surface area contributed by atoms with E-state index in [4.69, 9.17) is 4.74 Å². The number of Topliss-reactive ketones (excluding diaryl/α,β-unsaturated/α-hetero) is 1. The van der Waals surface area contributed by atoms with Crippen molar-refractivity contribution in [2.24, 2.45) is 5.92 Å². The number of hydrogen-bond donors (Lipinski definition) is 0. The Balaban J connectivity index is 2.51. The minimum absolute atomic E-state index is 0.192. The van der Waals surface area contributed by atoms with Gasteiger partial charge in [0.1, 0.15) is 5.92 Å². The standard InChI is InChI=1S/C23H28O3/c1-14(2)13-26-23(25)21(19-10-8-7-9-11-19)22(24)20-16(4)12-15(3)17(5)18(20)6/h7-12,14,21H,13H2,1-6H3. The first-order chi connectivity index (χ1) is 12.2. The third-order valence-corrected chi connectivity index (χ3v) is 4.79. The Morgan fingerprint density at radius 1 is 0.923 bits per heavy atom. The highest BCUT2D eigenvalue weighted by molar-refractivity contribution is 6.14. The average Bonchev–Trinajstić information content (AvgIpc) is 2.59. The summed E-state index contributed by atoms with van der Waals surface area (Å²) in [6, 6.07) is 11.2. The number of hydrogen-bond acceptors (Lipinski definition) is 3. The van der Waals surface area contributed by atoms with Crippen LogP contribution in [0.5, 0.6) is 0 Å². The van der Waals surface area contributed by atoms with Crippen molar-refractivity contribution < 1.29 is 14.3 Å². The van der Waals surface area contributed by atoms with Gasteiger partial charge in [0.05, 0.1) is 6.61 Å². The Morgan fingerprint density at radius 3 is 2.12 bits per heavy atom. The first-order valence-corrected chi connectivity index (χ1v) is 9.07. The summed E-state index contributed by atoms with van der Waals surface area (Å²) in [5.41, 5.74) is 5.36. The molecule has 0 heterocycles. The van der Waals surface area contributed by atoms with E-state index in [1.165, 1.54) is 0 Å². The summed E-state index contributed by atoms with van der Waals surface area (Å²) in [4.78, 5) is 26.2. The Hall–Kier alpha value is -2.42. The molecule has 2 aromatic rings. The van der Waals surface area contributed by atoms with Gasteiger partial charge in [-0.05, 0) is 61.4 Å². The molecule has 26 heavy (non-hydrogen) atoms. The summed E-state index contributed by atoms with van der Waals surface area (Å²) >= 11 is 0. The van der Waals surface area contributed by atoms with Crippen LogP contribution in [0.15, 0.2) is 36.4 Å². The molecule has 0 saturated carbocycles. The van der Waals surface area contributed by atoms with Crippen molar-refractivity contribution in [1.29, 1.82) is 0 Å². The van der Waals surface area contributed by atoms with Gasteiger partial charge in [0.25, 0.3) is 0 Å². The van der Waals surface area contributed by atoms with E-state index in [1.807, 2.05) is 77.9 Å². The number of carbonyl (C=O) groups is 2. The lowest BCUT2D eigenvalue weighted by Crippen LogP contribution is -2.27. The Kier molecular flexibility index (Phi) is 6.36. The van der Waals surface area contributed by atoms with E-state index in [2.05, 4.69) is 0 Å². The van der Waals surface area contributed by atoms with Gasteiger partial charge < -0.3 is 4.74 Å². The maximum Gasteiger partial charge on any atom is 0.321 e. The molecule has 0 aliphatic rings. The number of aryl methyl sites for hydroxylation is 2. The van der Waals surface area contributed by atoms with Crippen LogP contribution in [-0.4, -0.2) is 18.4 Å². The molecule has 0 spiro atoms. The van der Waals surface area contributed by atoms with Crippen molar-refractivity contribution in [3.8, 4) is 0 Å². The first kappa shape index (κ1) is 19.9. The minimum Gasteiger partial charge on any atom is -0.465 e. The van der Waals surface area contributed by atoms with E-state index in [9.17, 15) is 9.59 Å². The summed E-state index contributed by atoms with van der Waals surface area (Å²) in [6.07, 6.45) is 0. The number of benzene rings is 2. The van der Waals surface area contributed by atoms with Gasteiger partial charge in [-0.2, -0.15) is 0 Å². The fourth-order valence-electron chi connectivity index (χ4n) is 3.18. The van der Waals surface area contributed by atoms with Crippen LogP contribution in [0.1, 0.15) is 57.9 Å². The van der Waals surface area contributed by atoms with Crippen molar-refractivity contribution in [3.05, 3.63) is 69.8 Å². The van der Waals surface area contributed by atoms with Gasteiger partial charge in [0.2, 0.25) is 0 Å². The third kappa shape index (κ3) is 4.21. The summed E-state index contributed by atoms with van der Waals surface area (Å²) in [5, 5.41) is 0. The second kappa shape index (κ2) is 8.31. The van der Waals surface area contributed by atoms with Crippen LogP contribution >= 0.6 is 0 Å². The third-order valence-electron chi connectivity index (χ3n) is 4.79. The molecule has 0 fully saturated rings. The molecule has 0 aromatic heterocycles. The summed E-state index contributed by atoms with van der Waals surface area (Å²) < 4.78 is 5.44. The molecule has 0 saturated heterocycles. The molecule has 0 aliphatic heterocycles. The molecule has 2 rings (SSSR count). The van der Waals surface area contributed by atoms with Crippen LogP contribution in [0.2, 0.25) is 0 Å². The van der Waals surface area contributed by atoms with Gasteiger partial charge in [-0.15, -0.1) is 0 Å². The Bertz CT molecular complexity index is 804. The lowest BCUT2D eigenvalue weighted by Gasteiger charge is -2.20. The van der Waals surface area contributed by atoms with E-state index in [1.54, 1.807) is 0 Å². The number of rotatable bonds is 6. The topological polar surface area (TPSA) is 43.4 Å². The molecule has 0 bridgehead atoms. The van der Waals surface area contributed by atoms with Gasteiger partial charge in [0.15, 0.2) is 5.78 Å². The summed E-state index contributed by atoms with van der Waals surface area (Å²) in [5.74, 6) is -1.39. The van der Waals surface area contributed by atoms with Gasteiger partial charge in [-0.25, -0.2) is 0 Å². The smallest absolute Gasteiger partial charge is 0.321 e. The van der Waals surface area contributed by atoms with Crippen LogP contribution in [0.3, 0.4) is 0 Å². The zero-order valence-corrected chi connectivity index (χ0v) is 16.6. The highest BCUT2D eigenvalue weighted by atomic mass is 16.5. The van der Waals surface area contributed by atoms with Crippen LogP contribution in [0, 0.1) is 33.6 Å². The van der Waals surface area contributed by atoms with Crippen LogP contribution in [0.25, 0.3) is 0 Å². The van der Waals surface area contributed by atoms with E-state index < -0.39 is 11.9 Å². The first-order valence-electron chi connectivity index (χ1n) is 9.07. The number of ether oxygens (including phenoxy) is 1. The maximum atomic E-state index is 13.4. The zero-order chi connectivity index (χ0) is 19.4. The quantitative estimate of drug-likeness (QED) is 0.413. The number of ketones is 1. The van der Waals surface area contributed by atoms with Gasteiger partial charge in [-0.1, -0.05) is 50.2 Å². The predicted molar refractivity (Wildman–Crippen MR) is 105 cm³/mol. The second-order valence-electron chi connectivity index (χ2n) is 7.37. The van der Waals surface area contributed by atoms with E-state index >= 15 is 0 Å².